The van der Waals surface area contributed by atoms with Gasteiger partial charge in [-0.05, 0) is 12.8 Å². The van der Waals surface area contributed by atoms with Crippen LogP contribution in [-0.4, -0.2) is 26.4 Å². The molecule has 0 aliphatic heterocycles. The van der Waals surface area contributed by atoms with Crippen LogP contribution < -0.4 is 0 Å². The first-order valence-electron chi connectivity index (χ1n) is 4.60. The zero-order valence-corrected chi connectivity index (χ0v) is 7.95. The van der Waals surface area contributed by atoms with Gasteiger partial charge in [0, 0.05) is 14.2 Å². The summed E-state index contributed by atoms with van der Waals surface area (Å²) in [6, 6.07) is 0. The van der Waals surface area contributed by atoms with Crippen molar-refractivity contribution in [2.45, 2.75) is 37.9 Å². The molecule has 0 saturated heterocycles. The fraction of sp³-hybridized carbons (Fsp3) is 0.800. The third kappa shape index (κ3) is 2.95. The number of hydrogen-bond donors (Lipinski definition) is 0. The topological polar surface area (TPSA) is 18.5 Å². The molecule has 1 rings (SSSR count). The highest BCUT2D eigenvalue weighted by molar-refractivity contribution is 4.96. The maximum Gasteiger partial charge on any atom is 0.0752 e. The average Bonchev–Trinajstić information content (AvgIpc) is 2.05. The first-order valence-corrected chi connectivity index (χ1v) is 4.60. The molecule has 0 heterocycles. The van der Waals surface area contributed by atoms with Crippen LogP contribution in [0.15, 0.2) is 12.2 Å². The summed E-state index contributed by atoms with van der Waals surface area (Å²) in [6.07, 6.45) is 9.59. The summed E-state index contributed by atoms with van der Waals surface area (Å²) in [4.78, 5) is 0. The van der Waals surface area contributed by atoms with E-state index in [1.165, 1.54) is 12.8 Å². The minimum absolute atomic E-state index is 0.294. The molecule has 0 fully saturated rings. The smallest absolute Gasteiger partial charge is 0.0752 e. The quantitative estimate of drug-likeness (QED) is 0.591. The van der Waals surface area contributed by atoms with Gasteiger partial charge in [-0.3, -0.25) is 0 Å². The van der Waals surface area contributed by atoms with E-state index in [0.717, 1.165) is 12.8 Å². The van der Waals surface area contributed by atoms with E-state index in [-0.39, 0.29) is 0 Å². The van der Waals surface area contributed by atoms with Crippen molar-refractivity contribution >= 4 is 0 Å². The Morgan fingerprint density at radius 2 is 1.33 bits per heavy atom. The molecular weight excluding hydrogens is 152 g/mol. The van der Waals surface area contributed by atoms with E-state index in [1.807, 2.05) is 0 Å². The molecule has 12 heavy (non-hydrogen) atoms. The van der Waals surface area contributed by atoms with Gasteiger partial charge in [0.2, 0.25) is 0 Å². The molecule has 0 amide bonds. The molecule has 0 aromatic heterocycles. The minimum Gasteiger partial charge on any atom is -0.377 e. The second-order valence-corrected chi connectivity index (χ2v) is 3.22. The van der Waals surface area contributed by atoms with Crippen molar-refractivity contribution in [3.63, 3.8) is 0 Å². The number of methoxy groups -OCH3 is 2. The standard InChI is InChI=1S/C10H18O2/c1-11-9-5-3-4-6-10(12-2)8-7-9/h7-10H,3-6H2,1-2H3/b8-7-/t9-,10+. The van der Waals surface area contributed by atoms with Gasteiger partial charge in [-0.25, -0.2) is 0 Å². The number of rotatable bonds is 2. The van der Waals surface area contributed by atoms with Crippen LogP contribution >= 0.6 is 0 Å². The predicted octanol–water partition coefficient (Wildman–Crippen LogP) is 2.15. The molecule has 1 aliphatic carbocycles. The van der Waals surface area contributed by atoms with Gasteiger partial charge in [0.15, 0.2) is 0 Å². The molecule has 0 N–H and O–H groups in total. The Bertz CT molecular complexity index is 127. The molecule has 0 aromatic rings. The summed E-state index contributed by atoms with van der Waals surface area (Å²) in [5, 5.41) is 0. The van der Waals surface area contributed by atoms with E-state index >= 15 is 0 Å². The molecule has 2 atom stereocenters. The third-order valence-electron chi connectivity index (χ3n) is 2.37. The Morgan fingerprint density at radius 3 is 1.67 bits per heavy atom. The highest BCUT2D eigenvalue weighted by Gasteiger charge is 2.10. The van der Waals surface area contributed by atoms with Crippen molar-refractivity contribution in [2.75, 3.05) is 14.2 Å². The van der Waals surface area contributed by atoms with Crippen molar-refractivity contribution in [3.05, 3.63) is 12.2 Å². The maximum absolute atomic E-state index is 5.28. The Kier molecular flexibility index (Phi) is 4.33. The lowest BCUT2D eigenvalue weighted by Crippen LogP contribution is -2.14. The van der Waals surface area contributed by atoms with Gasteiger partial charge >= 0.3 is 0 Å². The average molecular weight is 170 g/mol. The second-order valence-electron chi connectivity index (χ2n) is 3.22. The van der Waals surface area contributed by atoms with E-state index in [1.54, 1.807) is 14.2 Å². The molecule has 2 nitrogen and oxygen atoms in total. The normalized spacial score (nSPS) is 33.8. The van der Waals surface area contributed by atoms with E-state index in [2.05, 4.69) is 12.2 Å². The Hall–Kier alpha value is -0.340. The highest BCUT2D eigenvalue weighted by Crippen LogP contribution is 2.15. The molecule has 0 spiro atoms. The van der Waals surface area contributed by atoms with Crippen LogP contribution in [0.4, 0.5) is 0 Å². The second kappa shape index (κ2) is 5.33. The van der Waals surface area contributed by atoms with Gasteiger partial charge in [0.05, 0.1) is 12.2 Å². The van der Waals surface area contributed by atoms with Gasteiger partial charge in [0.25, 0.3) is 0 Å². The van der Waals surface area contributed by atoms with Crippen molar-refractivity contribution in [1.82, 2.24) is 0 Å². The maximum atomic E-state index is 5.28. The lowest BCUT2D eigenvalue weighted by molar-refractivity contribution is 0.106. The molecule has 70 valence electrons. The zero-order chi connectivity index (χ0) is 8.81. The lowest BCUT2D eigenvalue weighted by Gasteiger charge is -2.17. The Labute approximate surface area is 74.6 Å². The van der Waals surface area contributed by atoms with Crippen LogP contribution in [-0.2, 0) is 9.47 Å². The van der Waals surface area contributed by atoms with E-state index < -0.39 is 0 Å². The predicted molar refractivity (Wildman–Crippen MR) is 49.2 cm³/mol. The van der Waals surface area contributed by atoms with E-state index in [9.17, 15) is 0 Å². The minimum atomic E-state index is 0.294. The van der Waals surface area contributed by atoms with Gasteiger partial charge in [0.1, 0.15) is 0 Å². The zero-order valence-electron chi connectivity index (χ0n) is 7.95. The van der Waals surface area contributed by atoms with Crippen molar-refractivity contribution in [3.8, 4) is 0 Å². The van der Waals surface area contributed by atoms with Crippen LogP contribution in [0.2, 0.25) is 0 Å². The van der Waals surface area contributed by atoms with Crippen LogP contribution in [0.3, 0.4) is 0 Å². The van der Waals surface area contributed by atoms with Gasteiger partial charge in [-0.1, -0.05) is 25.0 Å². The SMILES string of the molecule is CO[C@@H]1/C=C\[C@H](OC)CCCC1. The number of ether oxygens (including phenoxy) is 2. The van der Waals surface area contributed by atoms with E-state index in [0.29, 0.717) is 12.2 Å². The van der Waals surface area contributed by atoms with Crippen molar-refractivity contribution in [2.24, 2.45) is 0 Å². The number of hydrogen-bond acceptors (Lipinski definition) is 2. The molecule has 0 bridgehead atoms. The molecule has 0 saturated carbocycles. The monoisotopic (exact) mass is 170 g/mol. The Balaban J connectivity index is 2.45. The van der Waals surface area contributed by atoms with Crippen LogP contribution in [0, 0.1) is 0 Å². The largest absolute Gasteiger partial charge is 0.377 e. The first-order chi connectivity index (χ1) is 5.86. The molecule has 0 radical (unpaired) electrons. The molecule has 2 heteroatoms. The molecule has 0 aromatic carbocycles. The lowest BCUT2D eigenvalue weighted by atomic mass is 10.0. The van der Waals surface area contributed by atoms with Crippen molar-refractivity contribution < 1.29 is 9.47 Å². The highest BCUT2D eigenvalue weighted by atomic mass is 16.5. The molecule has 1 aliphatic rings. The summed E-state index contributed by atoms with van der Waals surface area (Å²) in [6.45, 7) is 0. The summed E-state index contributed by atoms with van der Waals surface area (Å²) >= 11 is 0. The van der Waals surface area contributed by atoms with Crippen LogP contribution in [0.5, 0.6) is 0 Å². The molecule has 0 unspecified atom stereocenters. The summed E-state index contributed by atoms with van der Waals surface area (Å²) < 4.78 is 10.6. The molecular formula is C10H18O2. The first kappa shape index (κ1) is 9.75. The summed E-state index contributed by atoms with van der Waals surface area (Å²) in [5.74, 6) is 0. The van der Waals surface area contributed by atoms with Gasteiger partial charge < -0.3 is 9.47 Å². The fourth-order valence-corrected chi connectivity index (χ4v) is 1.52. The van der Waals surface area contributed by atoms with E-state index in [4.69, 9.17) is 9.47 Å². The summed E-state index contributed by atoms with van der Waals surface area (Å²) in [5.41, 5.74) is 0. The Morgan fingerprint density at radius 1 is 0.917 bits per heavy atom. The van der Waals surface area contributed by atoms with Gasteiger partial charge in [-0.15, -0.1) is 0 Å². The fourth-order valence-electron chi connectivity index (χ4n) is 1.52. The van der Waals surface area contributed by atoms with Crippen LogP contribution in [0.1, 0.15) is 25.7 Å². The van der Waals surface area contributed by atoms with Crippen molar-refractivity contribution in [1.29, 1.82) is 0 Å². The van der Waals surface area contributed by atoms with Gasteiger partial charge in [-0.2, -0.15) is 0 Å². The summed E-state index contributed by atoms with van der Waals surface area (Å²) in [7, 11) is 3.52. The third-order valence-corrected chi connectivity index (χ3v) is 2.37. The van der Waals surface area contributed by atoms with Crippen LogP contribution in [0.25, 0.3) is 0 Å².